The molecular weight excluding hydrogens is 290 g/mol. The van der Waals surface area contributed by atoms with Crippen LogP contribution < -0.4 is 0 Å². The van der Waals surface area contributed by atoms with Crippen LogP contribution in [0, 0.1) is 6.92 Å². The van der Waals surface area contributed by atoms with Gasteiger partial charge >= 0.3 is 0 Å². The number of ether oxygens (including phenoxy) is 1. The molecule has 1 aromatic carbocycles. The molecule has 0 radical (unpaired) electrons. The van der Waals surface area contributed by atoms with Crippen LogP contribution in [0.1, 0.15) is 37.1 Å². The second-order valence-corrected chi connectivity index (χ2v) is 6.56. The molecule has 1 aromatic heterocycles. The number of fused-ring (bicyclic) bond motifs is 1. The van der Waals surface area contributed by atoms with Crippen molar-refractivity contribution < 1.29 is 9.26 Å². The molecule has 0 unspecified atom stereocenters. The van der Waals surface area contributed by atoms with E-state index < -0.39 is 0 Å². The van der Waals surface area contributed by atoms with Crippen molar-refractivity contribution >= 4 is 0 Å². The van der Waals surface area contributed by atoms with Crippen molar-refractivity contribution in [2.24, 2.45) is 0 Å². The standard InChI is InChI=1S/C18H23N3O2/c1-13-6-2-3-7-14(13)18-19-17(23-20-18)12-21-10-11-22-16-9-5-4-8-15(16)21/h2-3,6-7,15-16H,4-5,8-12H2,1H3/t15-,16-/m1/s1. The first-order valence-electron chi connectivity index (χ1n) is 8.55. The van der Waals surface area contributed by atoms with Crippen LogP contribution in [0.2, 0.25) is 0 Å². The molecule has 5 nitrogen and oxygen atoms in total. The van der Waals surface area contributed by atoms with Gasteiger partial charge in [-0.3, -0.25) is 4.90 Å². The van der Waals surface area contributed by atoms with Crippen LogP contribution in [0.3, 0.4) is 0 Å². The summed E-state index contributed by atoms with van der Waals surface area (Å²) >= 11 is 0. The molecular formula is C18H23N3O2. The highest BCUT2D eigenvalue weighted by atomic mass is 16.5. The van der Waals surface area contributed by atoms with Gasteiger partial charge in [-0.1, -0.05) is 42.3 Å². The highest BCUT2D eigenvalue weighted by Crippen LogP contribution is 2.29. The first-order valence-corrected chi connectivity index (χ1v) is 8.55. The monoisotopic (exact) mass is 313 g/mol. The molecule has 0 spiro atoms. The highest BCUT2D eigenvalue weighted by molar-refractivity contribution is 5.58. The predicted octanol–water partition coefficient (Wildman–Crippen LogP) is 3.19. The fourth-order valence-corrected chi connectivity index (χ4v) is 3.80. The molecule has 5 heteroatoms. The molecule has 1 saturated carbocycles. The Kier molecular flexibility index (Phi) is 4.14. The predicted molar refractivity (Wildman–Crippen MR) is 86.9 cm³/mol. The van der Waals surface area contributed by atoms with Crippen molar-refractivity contribution in [1.82, 2.24) is 15.0 Å². The van der Waals surface area contributed by atoms with Gasteiger partial charge in [0.2, 0.25) is 11.7 Å². The summed E-state index contributed by atoms with van der Waals surface area (Å²) in [6, 6.07) is 8.64. The van der Waals surface area contributed by atoms with Crippen molar-refractivity contribution in [3.8, 4) is 11.4 Å². The minimum atomic E-state index is 0.385. The van der Waals surface area contributed by atoms with E-state index in [1.165, 1.54) is 31.2 Å². The maximum Gasteiger partial charge on any atom is 0.241 e. The number of nitrogens with zero attached hydrogens (tertiary/aromatic N) is 3. The smallest absolute Gasteiger partial charge is 0.241 e. The summed E-state index contributed by atoms with van der Waals surface area (Å²) in [5.74, 6) is 1.39. The van der Waals surface area contributed by atoms with E-state index in [-0.39, 0.29) is 0 Å². The fraction of sp³-hybridized carbons (Fsp3) is 0.556. The van der Waals surface area contributed by atoms with Crippen molar-refractivity contribution in [3.63, 3.8) is 0 Å². The molecule has 4 rings (SSSR count). The Bertz CT molecular complexity index is 668. The van der Waals surface area contributed by atoms with Crippen molar-refractivity contribution in [2.45, 2.75) is 51.3 Å². The maximum absolute atomic E-state index is 5.93. The summed E-state index contributed by atoms with van der Waals surface area (Å²) in [6.45, 7) is 4.55. The number of rotatable bonds is 3. The van der Waals surface area contributed by atoms with Gasteiger partial charge in [-0.2, -0.15) is 4.98 Å². The van der Waals surface area contributed by atoms with Crippen molar-refractivity contribution in [3.05, 3.63) is 35.7 Å². The highest BCUT2D eigenvalue weighted by Gasteiger charge is 2.34. The summed E-state index contributed by atoms with van der Waals surface area (Å²) in [4.78, 5) is 7.07. The SMILES string of the molecule is Cc1ccccc1-c1noc(CN2CCO[C@@H]3CCCC[C@H]32)n1. The van der Waals surface area contributed by atoms with Gasteiger partial charge in [0, 0.05) is 18.2 Å². The molecule has 2 aromatic rings. The van der Waals surface area contributed by atoms with Gasteiger partial charge in [-0.05, 0) is 25.3 Å². The van der Waals surface area contributed by atoms with Crippen LogP contribution in [-0.4, -0.2) is 40.3 Å². The minimum Gasteiger partial charge on any atom is -0.375 e. The molecule has 0 bridgehead atoms. The second kappa shape index (κ2) is 6.42. The zero-order chi connectivity index (χ0) is 15.6. The molecule has 2 atom stereocenters. The Labute approximate surface area is 136 Å². The molecule has 23 heavy (non-hydrogen) atoms. The number of benzene rings is 1. The zero-order valence-corrected chi connectivity index (χ0v) is 13.6. The molecule has 0 amide bonds. The Hall–Kier alpha value is -1.72. The van der Waals surface area contributed by atoms with Gasteiger partial charge in [0.05, 0.1) is 19.3 Å². The van der Waals surface area contributed by atoms with E-state index >= 15 is 0 Å². The van der Waals surface area contributed by atoms with Crippen LogP contribution >= 0.6 is 0 Å². The minimum absolute atomic E-state index is 0.385. The lowest BCUT2D eigenvalue weighted by Gasteiger charge is -2.43. The van der Waals surface area contributed by atoms with Gasteiger partial charge in [0.15, 0.2) is 0 Å². The molecule has 1 aliphatic heterocycles. The number of morpholine rings is 1. The van der Waals surface area contributed by atoms with Gasteiger partial charge in [0.1, 0.15) is 0 Å². The summed E-state index contributed by atoms with van der Waals surface area (Å²) in [6.07, 6.45) is 5.35. The van der Waals surface area contributed by atoms with Crippen LogP contribution in [0.4, 0.5) is 0 Å². The third-order valence-electron chi connectivity index (χ3n) is 5.04. The first kappa shape index (κ1) is 14.8. The number of hydrogen-bond acceptors (Lipinski definition) is 5. The lowest BCUT2D eigenvalue weighted by molar-refractivity contribution is -0.0933. The van der Waals surface area contributed by atoms with Crippen LogP contribution in [0.5, 0.6) is 0 Å². The van der Waals surface area contributed by atoms with Crippen molar-refractivity contribution in [1.29, 1.82) is 0 Å². The van der Waals surface area contributed by atoms with Crippen molar-refractivity contribution in [2.75, 3.05) is 13.2 Å². The summed E-state index contributed by atoms with van der Waals surface area (Å²) < 4.78 is 11.4. The Morgan fingerprint density at radius 3 is 3.00 bits per heavy atom. The molecule has 2 fully saturated rings. The molecule has 2 heterocycles. The van der Waals surface area contributed by atoms with Crippen LogP contribution in [-0.2, 0) is 11.3 Å². The second-order valence-electron chi connectivity index (χ2n) is 6.56. The number of aromatic nitrogens is 2. The van der Waals surface area contributed by atoms with E-state index in [4.69, 9.17) is 9.26 Å². The first-order chi connectivity index (χ1) is 11.3. The maximum atomic E-state index is 5.93. The lowest BCUT2D eigenvalue weighted by Crippen LogP contribution is -2.52. The Balaban J connectivity index is 1.50. The normalized spacial score (nSPS) is 25.3. The lowest BCUT2D eigenvalue weighted by atomic mass is 9.90. The topological polar surface area (TPSA) is 51.4 Å². The third-order valence-corrected chi connectivity index (χ3v) is 5.04. The Morgan fingerprint density at radius 1 is 1.22 bits per heavy atom. The molecule has 122 valence electrons. The molecule has 1 saturated heterocycles. The van der Waals surface area contributed by atoms with Gasteiger partial charge in [-0.25, -0.2) is 0 Å². The fourth-order valence-electron chi connectivity index (χ4n) is 3.80. The van der Waals surface area contributed by atoms with Gasteiger partial charge in [0.25, 0.3) is 0 Å². The van der Waals surface area contributed by atoms with E-state index in [2.05, 4.69) is 28.0 Å². The third kappa shape index (κ3) is 3.03. The molecule has 0 N–H and O–H groups in total. The van der Waals surface area contributed by atoms with E-state index in [1.807, 2.05) is 18.2 Å². The zero-order valence-electron chi connectivity index (χ0n) is 13.6. The van der Waals surface area contributed by atoms with E-state index in [0.717, 1.165) is 25.3 Å². The largest absolute Gasteiger partial charge is 0.375 e. The number of hydrogen-bond donors (Lipinski definition) is 0. The quantitative estimate of drug-likeness (QED) is 0.871. The summed E-state index contributed by atoms with van der Waals surface area (Å²) in [5.41, 5.74) is 2.21. The van der Waals surface area contributed by atoms with Crippen LogP contribution in [0.15, 0.2) is 28.8 Å². The van der Waals surface area contributed by atoms with E-state index in [1.54, 1.807) is 0 Å². The average Bonchev–Trinajstić information content (AvgIpc) is 3.04. The van der Waals surface area contributed by atoms with Gasteiger partial charge < -0.3 is 9.26 Å². The summed E-state index contributed by atoms with van der Waals surface area (Å²) in [5, 5.41) is 4.17. The summed E-state index contributed by atoms with van der Waals surface area (Å²) in [7, 11) is 0. The van der Waals surface area contributed by atoms with Gasteiger partial charge in [-0.15, -0.1) is 0 Å². The number of aryl methyl sites for hydroxylation is 1. The Morgan fingerprint density at radius 2 is 2.09 bits per heavy atom. The van der Waals surface area contributed by atoms with E-state index in [9.17, 15) is 0 Å². The van der Waals surface area contributed by atoms with E-state index in [0.29, 0.717) is 23.9 Å². The molecule has 1 aliphatic carbocycles. The molecule has 2 aliphatic rings. The van der Waals surface area contributed by atoms with Crippen LogP contribution in [0.25, 0.3) is 11.4 Å². The average molecular weight is 313 g/mol.